The fraction of sp³-hybridized carbons (Fsp3) is 0.818. The van der Waals surface area contributed by atoms with E-state index in [0.717, 1.165) is 19.3 Å². The van der Waals surface area contributed by atoms with Crippen molar-refractivity contribution in [1.29, 1.82) is 0 Å². The lowest BCUT2D eigenvalue weighted by molar-refractivity contribution is -0.0984. The Labute approximate surface area is 101 Å². The standard InChI is InChI=1S/C11H18N2O2S/c1-9(2,3)15-8(14)13-11-4-10(5-11,6-11)7(12)16/h4-6H2,1-3H3,(H2,12,16)(H,13,14). The van der Waals surface area contributed by atoms with Crippen molar-refractivity contribution in [2.75, 3.05) is 0 Å². The lowest BCUT2D eigenvalue weighted by Gasteiger charge is -2.69. The van der Waals surface area contributed by atoms with E-state index in [1.165, 1.54) is 0 Å². The molecular weight excluding hydrogens is 224 g/mol. The van der Waals surface area contributed by atoms with Gasteiger partial charge < -0.3 is 15.8 Å². The minimum absolute atomic E-state index is 0.0321. The molecular formula is C11H18N2O2S. The monoisotopic (exact) mass is 242 g/mol. The van der Waals surface area contributed by atoms with Crippen molar-refractivity contribution in [2.45, 2.75) is 51.2 Å². The number of carbonyl (C=O) groups is 1. The molecule has 3 rings (SSSR count). The third-order valence-electron chi connectivity index (χ3n) is 3.32. The van der Waals surface area contributed by atoms with Crippen LogP contribution < -0.4 is 11.1 Å². The van der Waals surface area contributed by atoms with E-state index in [1.807, 2.05) is 20.8 Å². The smallest absolute Gasteiger partial charge is 0.408 e. The highest BCUT2D eigenvalue weighted by Gasteiger charge is 2.70. The fourth-order valence-corrected chi connectivity index (χ4v) is 2.92. The molecule has 3 saturated carbocycles. The second kappa shape index (κ2) is 3.09. The molecule has 0 aromatic heterocycles. The number of nitrogens with two attached hydrogens (primary N) is 1. The molecule has 0 unspecified atom stereocenters. The van der Waals surface area contributed by atoms with Crippen molar-refractivity contribution in [3.05, 3.63) is 0 Å². The zero-order valence-corrected chi connectivity index (χ0v) is 10.7. The van der Waals surface area contributed by atoms with Crippen molar-refractivity contribution in [3.8, 4) is 0 Å². The first-order chi connectivity index (χ1) is 7.17. The Morgan fingerprint density at radius 1 is 1.38 bits per heavy atom. The van der Waals surface area contributed by atoms with Crippen LogP contribution in [0.4, 0.5) is 4.79 Å². The second-order valence-corrected chi connectivity index (χ2v) is 6.52. The maximum atomic E-state index is 11.6. The minimum atomic E-state index is -0.450. The molecule has 16 heavy (non-hydrogen) atoms. The van der Waals surface area contributed by atoms with Crippen molar-refractivity contribution in [3.63, 3.8) is 0 Å². The van der Waals surface area contributed by atoms with Crippen LogP contribution in [-0.2, 0) is 4.74 Å². The number of rotatable bonds is 2. The van der Waals surface area contributed by atoms with Gasteiger partial charge >= 0.3 is 6.09 Å². The Morgan fingerprint density at radius 2 is 1.88 bits per heavy atom. The average molecular weight is 242 g/mol. The molecule has 5 heteroatoms. The summed E-state index contributed by atoms with van der Waals surface area (Å²) >= 11 is 5.00. The summed E-state index contributed by atoms with van der Waals surface area (Å²) in [6, 6.07) is 0. The van der Waals surface area contributed by atoms with Gasteiger partial charge in [0.05, 0.1) is 4.99 Å². The van der Waals surface area contributed by atoms with E-state index >= 15 is 0 Å². The highest BCUT2D eigenvalue weighted by molar-refractivity contribution is 7.80. The van der Waals surface area contributed by atoms with E-state index in [4.69, 9.17) is 22.7 Å². The molecule has 3 fully saturated rings. The zero-order chi connectivity index (χ0) is 12.2. The Morgan fingerprint density at radius 3 is 2.25 bits per heavy atom. The summed E-state index contributed by atoms with van der Waals surface area (Å²) in [4.78, 5) is 12.2. The zero-order valence-electron chi connectivity index (χ0n) is 9.92. The van der Waals surface area contributed by atoms with Crippen LogP contribution in [0.1, 0.15) is 40.0 Å². The van der Waals surface area contributed by atoms with Crippen molar-refractivity contribution in [2.24, 2.45) is 11.1 Å². The molecule has 0 atom stereocenters. The van der Waals surface area contributed by atoms with Gasteiger partial charge in [-0.1, -0.05) is 12.2 Å². The summed E-state index contributed by atoms with van der Waals surface area (Å²) < 4.78 is 5.21. The van der Waals surface area contributed by atoms with Gasteiger partial charge in [0.1, 0.15) is 5.60 Å². The Balaban J connectivity index is 1.83. The van der Waals surface area contributed by atoms with Crippen molar-refractivity contribution < 1.29 is 9.53 Å². The molecule has 0 aromatic carbocycles. The van der Waals surface area contributed by atoms with Gasteiger partial charge in [0, 0.05) is 11.0 Å². The van der Waals surface area contributed by atoms with Gasteiger partial charge in [0.25, 0.3) is 0 Å². The molecule has 0 radical (unpaired) electrons. The maximum Gasteiger partial charge on any atom is 0.408 e. The summed E-state index contributed by atoms with van der Waals surface area (Å²) in [6.07, 6.45) is 2.27. The number of carbonyl (C=O) groups excluding carboxylic acids is 1. The molecule has 0 aromatic rings. The molecule has 0 heterocycles. The van der Waals surface area contributed by atoms with Crippen LogP contribution >= 0.6 is 12.2 Å². The highest BCUT2D eigenvalue weighted by atomic mass is 32.1. The molecule has 0 saturated heterocycles. The van der Waals surface area contributed by atoms with Gasteiger partial charge in [-0.2, -0.15) is 0 Å². The first-order valence-electron chi connectivity index (χ1n) is 5.48. The predicted octanol–water partition coefficient (Wildman–Crippen LogP) is 1.72. The Hall–Kier alpha value is -0.840. The van der Waals surface area contributed by atoms with Crippen LogP contribution in [0, 0.1) is 5.41 Å². The van der Waals surface area contributed by atoms with Gasteiger partial charge in [0.15, 0.2) is 0 Å². The lowest BCUT2D eigenvalue weighted by Crippen LogP contribution is -2.77. The van der Waals surface area contributed by atoms with Crippen LogP contribution in [0.15, 0.2) is 0 Å². The summed E-state index contributed by atoms with van der Waals surface area (Å²) in [5, 5.41) is 2.92. The van der Waals surface area contributed by atoms with Crippen LogP contribution in [0.3, 0.4) is 0 Å². The lowest BCUT2D eigenvalue weighted by atomic mass is 9.39. The van der Waals surface area contributed by atoms with Crippen LogP contribution in [-0.4, -0.2) is 22.2 Å². The molecule has 3 aliphatic carbocycles. The third kappa shape index (κ3) is 1.77. The van der Waals surface area contributed by atoms with Crippen LogP contribution in [0.25, 0.3) is 0 Å². The van der Waals surface area contributed by atoms with Gasteiger partial charge in [-0.05, 0) is 40.0 Å². The van der Waals surface area contributed by atoms with Crippen molar-refractivity contribution >= 4 is 23.3 Å². The SMILES string of the molecule is CC(C)(C)OC(=O)NC12CC(C(N)=S)(C1)C2. The number of hydrogen-bond donors (Lipinski definition) is 2. The topological polar surface area (TPSA) is 64.3 Å². The van der Waals surface area contributed by atoms with E-state index in [2.05, 4.69) is 5.32 Å². The van der Waals surface area contributed by atoms with E-state index in [0.29, 0.717) is 4.99 Å². The predicted molar refractivity (Wildman–Crippen MR) is 65.2 cm³/mol. The van der Waals surface area contributed by atoms with Crippen molar-refractivity contribution in [1.82, 2.24) is 5.32 Å². The summed E-state index contributed by atoms with van der Waals surface area (Å²) in [5.74, 6) is 0. The number of nitrogens with one attached hydrogen (secondary N) is 1. The molecule has 2 bridgehead atoms. The number of ether oxygens (including phenoxy) is 1. The molecule has 3 N–H and O–H groups in total. The first kappa shape index (κ1) is 11.6. The summed E-state index contributed by atoms with van der Waals surface area (Å²) in [6.45, 7) is 5.56. The molecule has 3 aliphatic rings. The first-order valence-corrected chi connectivity index (χ1v) is 5.88. The van der Waals surface area contributed by atoms with Gasteiger partial charge in [-0.15, -0.1) is 0 Å². The van der Waals surface area contributed by atoms with Crippen LogP contribution in [0.2, 0.25) is 0 Å². The van der Waals surface area contributed by atoms with E-state index in [9.17, 15) is 4.79 Å². The number of thiocarbonyl (C=S) groups is 1. The number of amides is 1. The molecule has 0 spiro atoms. The molecule has 0 aliphatic heterocycles. The van der Waals surface area contributed by atoms with E-state index in [1.54, 1.807) is 0 Å². The largest absolute Gasteiger partial charge is 0.444 e. The summed E-state index contributed by atoms with van der Waals surface area (Å²) in [7, 11) is 0. The van der Waals surface area contributed by atoms with Crippen LogP contribution in [0.5, 0.6) is 0 Å². The quantitative estimate of drug-likeness (QED) is 0.724. The Kier molecular flexibility index (Phi) is 2.25. The molecule has 1 amide bonds. The third-order valence-corrected chi connectivity index (χ3v) is 3.75. The number of hydrogen-bond acceptors (Lipinski definition) is 3. The van der Waals surface area contributed by atoms with Gasteiger partial charge in [-0.3, -0.25) is 0 Å². The number of alkyl carbamates (subject to hydrolysis) is 1. The maximum absolute atomic E-state index is 11.6. The Bertz CT molecular complexity index is 340. The average Bonchev–Trinajstić information content (AvgIpc) is 1.88. The van der Waals surface area contributed by atoms with Gasteiger partial charge in [-0.25, -0.2) is 4.79 Å². The van der Waals surface area contributed by atoms with E-state index < -0.39 is 5.60 Å². The van der Waals surface area contributed by atoms with Gasteiger partial charge in [0.2, 0.25) is 0 Å². The highest BCUT2D eigenvalue weighted by Crippen LogP contribution is 2.67. The fourth-order valence-electron chi connectivity index (χ4n) is 2.70. The summed E-state index contributed by atoms with van der Waals surface area (Å²) in [5.41, 5.74) is 5.14. The normalized spacial score (nSPS) is 35.7. The minimum Gasteiger partial charge on any atom is -0.444 e. The molecule has 90 valence electrons. The second-order valence-electron chi connectivity index (χ2n) is 6.08. The van der Waals surface area contributed by atoms with E-state index in [-0.39, 0.29) is 17.0 Å². The molecule has 4 nitrogen and oxygen atoms in total.